The minimum atomic E-state index is -0.485. The smallest absolute Gasteiger partial charge is 0.129 e. The molecule has 0 aromatic heterocycles. The first-order valence-corrected chi connectivity index (χ1v) is 7.03. The van der Waals surface area contributed by atoms with Gasteiger partial charge in [0.2, 0.25) is 0 Å². The summed E-state index contributed by atoms with van der Waals surface area (Å²) >= 11 is 1.83. The fraction of sp³-hybridized carbons (Fsp3) is 0.538. The van der Waals surface area contributed by atoms with Crippen LogP contribution in [0.25, 0.3) is 0 Å². The fourth-order valence-electron chi connectivity index (χ4n) is 2.20. The maximum absolute atomic E-state index is 13.5. The Labute approximate surface area is 105 Å². The Morgan fingerprint density at radius 3 is 2.59 bits per heavy atom. The second-order valence-corrected chi connectivity index (χ2v) is 5.82. The molecule has 0 bridgehead atoms. The van der Waals surface area contributed by atoms with Gasteiger partial charge in [-0.05, 0) is 37.1 Å². The Balaban J connectivity index is 2.04. The van der Waals surface area contributed by atoms with Crippen molar-refractivity contribution >= 4 is 11.8 Å². The molecule has 1 saturated heterocycles. The van der Waals surface area contributed by atoms with Gasteiger partial charge in [-0.2, -0.15) is 11.8 Å². The second kappa shape index (κ2) is 5.83. The van der Waals surface area contributed by atoms with Gasteiger partial charge in [-0.3, -0.25) is 0 Å². The van der Waals surface area contributed by atoms with E-state index in [1.807, 2.05) is 11.8 Å². The molecule has 1 fully saturated rings. The van der Waals surface area contributed by atoms with Crippen molar-refractivity contribution in [3.63, 3.8) is 0 Å². The van der Waals surface area contributed by atoms with Crippen molar-refractivity contribution in [3.8, 4) is 0 Å². The lowest BCUT2D eigenvalue weighted by atomic mass is 9.99. The zero-order valence-electron chi connectivity index (χ0n) is 9.66. The van der Waals surface area contributed by atoms with Crippen LogP contribution in [0.15, 0.2) is 18.2 Å². The molecule has 0 aliphatic carbocycles. The van der Waals surface area contributed by atoms with Crippen molar-refractivity contribution in [1.29, 1.82) is 0 Å². The number of halogens is 2. The van der Waals surface area contributed by atoms with E-state index in [4.69, 9.17) is 5.73 Å². The molecule has 1 aliphatic heterocycles. The van der Waals surface area contributed by atoms with Crippen LogP contribution in [0, 0.1) is 11.6 Å². The number of benzene rings is 1. The van der Waals surface area contributed by atoms with E-state index in [1.165, 1.54) is 31.0 Å². The number of hydrogen-bond donors (Lipinski definition) is 1. The van der Waals surface area contributed by atoms with Gasteiger partial charge in [0.15, 0.2) is 0 Å². The molecule has 0 amide bonds. The Kier molecular flexibility index (Phi) is 4.40. The first kappa shape index (κ1) is 12.8. The molecular formula is C13H17F2NS. The third-order valence-corrected chi connectivity index (χ3v) is 4.73. The molecular weight excluding hydrogens is 240 g/mol. The van der Waals surface area contributed by atoms with Gasteiger partial charge >= 0.3 is 0 Å². The zero-order chi connectivity index (χ0) is 12.3. The van der Waals surface area contributed by atoms with E-state index in [9.17, 15) is 8.78 Å². The molecule has 94 valence electrons. The monoisotopic (exact) mass is 257 g/mol. The molecule has 0 radical (unpaired) electrons. The maximum Gasteiger partial charge on any atom is 0.129 e. The van der Waals surface area contributed by atoms with E-state index >= 15 is 0 Å². The summed E-state index contributed by atoms with van der Waals surface area (Å²) in [6.07, 6.45) is 3.74. The van der Waals surface area contributed by atoms with Gasteiger partial charge in [0.1, 0.15) is 11.6 Å². The number of thioether (sulfide) groups is 1. The first-order chi connectivity index (χ1) is 8.18. The molecule has 1 heterocycles. The highest BCUT2D eigenvalue weighted by Crippen LogP contribution is 2.28. The molecule has 1 nitrogen and oxygen atoms in total. The summed E-state index contributed by atoms with van der Waals surface area (Å²) in [6, 6.07) is 3.81. The molecule has 2 unspecified atom stereocenters. The molecule has 0 saturated carbocycles. The van der Waals surface area contributed by atoms with E-state index in [1.54, 1.807) is 0 Å². The lowest BCUT2D eigenvalue weighted by Gasteiger charge is -2.27. The van der Waals surface area contributed by atoms with Crippen molar-refractivity contribution in [2.45, 2.75) is 37.0 Å². The van der Waals surface area contributed by atoms with Gasteiger partial charge in [-0.15, -0.1) is 0 Å². The predicted octanol–water partition coefficient (Wildman–Crippen LogP) is 3.12. The minimum absolute atomic E-state index is 0.131. The van der Waals surface area contributed by atoms with Crippen LogP contribution in [0.2, 0.25) is 0 Å². The lowest BCUT2D eigenvalue weighted by molar-refractivity contribution is 0.511. The Hall–Kier alpha value is -0.610. The normalized spacial score (nSPS) is 22.4. The predicted molar refractivity (Wildman–Crippen MR) is 68.1 cm³/mol. The van der Waals surface area contributed by atoms with Gasteiger partial charge in [0.25, 0.3) is 0 Å². The minimum Gasteiger partial charge on any atom is -0.326 e. The van der Waals surface area contributed by atoms with Crippen LogP contribution >= 0.6 is 11.8 Å². The second-order valence-electron chi connectivity index (χ2n) is 4.47. The highest BCUT2D eigenvalue weighted by atomic mass is 32.2. The van der Waals surface area contributed by atoms with Crippen LogP contribution in [-0.2, 0) is 6.42 Å². The van der Waals surface area contributed by atoms with Crippen molar-refractivity contribution in [3.05, 3.63) is 35.4 Å². The van der Waals surface area contributed by atoms with Crippen LogP contribution in [0.4, 0.5) is 8.78 Å². The molecule has 2 rings (SSSR count). The van der Waals surface area contributed by atoms with E-state index in [-0.39, 0.29) is 18.0 Å². The van der Waals surface area contributed by atoms with Crippen molar-refractivity contribution in [2.75, 3.05) is 5.75 Å². The van der Waals surface area contributed by atoms with Crippen LogP contribution in [0.1, 0.15) is 24.8 Å². The molecule has 0 spiro atoms. The van der Waals surface area contributed by atoms with Gasteiger partial charge in [0.05, 0.1) is 0 Å². The summed E-state index contributed by atoms with van der Waals surface area (Å²) in [4.78, 5) is 0. The van der Waals surface area contributed by atoms with Crippen molar-refractivity contribution < 1.29 is 8.78 Å². The average Bonchev–Trinajstić information content (AvgIpc) is 2.35. The molecule has 17 heavy (non-hydrogen) atoms. The van der Waals surface area contributed by atoms with Crippen LogP contribution in [-0.4, -0.2) is 17.0 Å². The Morgan fingerprint density at radius 2 is 2.00 bits per heavy atom. The highest BCUT2D eigenvalue weighted by Gasteiger charge is 2.23. The Bertz CT molecular complexity index is 357. The summed E-state index contributed by atoms with van der Waals surface area (Å²) in [6.45, 7) is 0. The Morgan fingerprint density at radius 1 is 1.29 bits per heavy atom. The average molecular weight is 257 g/mol. The van der Waals surface area contributed by atoms with Gasteiger partial charge in [-0.1, -0.05) is 12.5 Å². The van der Waals surface area contributed by atoms with Crippen LogP contribution < -0.4 is 5.73 Å². The molecule has 2 atom stereocenters. The van der Waals surface area contributed by atoms with Crippen LogP contribution in [0.5, 0.6) is 0 Å². The number of hydrogen-bond acceptors (Lipinski definition) is 2. The lowest BCUT2D eigenvalue weighted by Crippen LogP contribution is -2.36. The van der Waals surface area contributed by atoms with Crippen LogP contribution in [0.3, 0.4) is 0 Å². The van der Waals surface area contributed by atoms with Crippen molar-refractivity contribution in [1.82, 2.24) is 0 Å². The third-order valence-electron chi connectivity index (χ3n) is 3.19. The number of rotatable bonds is 3. The zero-order valence-corrected chi connectivity index (χ0v) is 10.5. The molecule has 4 heteroatoms. The van der Waals surface area contributed by atoms with E-state index in [0.717, 1.165) is 12.2 Å². The quantitative estimate of drug-likeness (QED) is 0.900. The molecule has 1 aliphatic rings. The molecule has 2 N–H and O–H groups in total. The summed E-state index contributed by atoms with van der Waals surface area (Å²) in [5, 5.41) is 0.336. The third kappa shape index (κ3) is 3.19. The highest BCUT2D eigenvalue weighted by molar-refractivity contribution is 8.00. The summed E-state index contributed by atoms with van der Waals surface area (Å²) < 4.78 is 27.0. The van der Waals surface area contributed by atoms with Crippen molar-refractivity contribution in [2.24, 2.45) is 5.73 Å². The van der Waals surface area contributed by atoms with Gasteiger partial charge < -0.3 is 5.73 Å². The largest absolute Gasteiger partial charge is 0.326 e. The fourth-order valence-corrected chi connectivity index (χ4v) is 3.55. The SMILES string of the molecule is NC(Cc1c(F)cccc1F)C1CCCCS1. The standard InChI is InChI=1S/C13H17F2NS/c14-10-4-3-5-11(15)9(10)8-12(16)13-6-1-2-7-17-13/h3-5,12-13H,1-2,6-8,16H2. The summed E-state index contributed by atoms with van der Waals surface area (Å²) in [5.74, 6) is 0.139. The first-order valence-electron chi connectivity index (χ1n) is 5.98. The van der Waals surface area contributed by atoms with Gasteiger partial charge in [-0.25, -0.2) is 8.78 Å². The van der Waals surface area contributed by atoms with E-state index in [2.05, 4.69) is 0 Å². The van der Waals surface area contributed by atoms with E-state index < -0.39 is 11.6 Å². The maximum atomic E-state index is 13.5. The molecule has 1 aromatic rings. The summed E-state index contributed by atoms with van der Waals surface area (Å²) in [5.41, 5.74) is 6.19. The summed E-state index contributed by atoms with van der Waals surface area (Å²) in [7, 11) is 0. The number of nitrogens with two attached hydrogens (primary N) is 1. The molecule has 1 aromatic carbocycles. The van der Waals surface area contributed by atoms with E-state index in [0.29, 0.717) is 5.25 Å². The van der Waals surface area contributed by atoms with Gasteiger partial charge in [0, 0.05) is 16.9 Å². The topological polar surface area (TPSA) is 26.0 Å².